The SMILES string of the molecule is Cc1cc(N)nc(-c2cc3ncnc4c3c(c2Cl)OCCN4Cc2cccnc2)c1C(F)(F)F. The molecule has 0 bridgehead atoms. The van der Waals surface area contributed by atoms with Gasteiger partial charge in [-0.05, 0) is 36.2 Å². The lowest BCUT2D eigenvalue weighted by molar-refractivity contribution is -0.137. The van der Waals surface area contributed by atoms with Gasteiger partial charge in [-0.1, -0.05) is 17.7 Å². The second-order valence-corrected chi connectivity index (χ2v) is 8.25. The van der Waals surface area contributed by atoms with Crippen LogP contribution in [0, 0.1) is 6.92 Å². The summed E-state index contributed by atoms with van der Waals surface area (Å²) in [4.78, 5) is 18.9. The Morgan fingerprint density at radius 3 is 2.79 bits per heavy atom. The predicted octanol–water partition coefficient (Wildman–Crippen LogP) is 5.05. The molecule has 174 valence electrons. The van der Waals surface area contributed by atoms with Gasteiger partial charge in [-0.15, -0.1) is 0 Å². The Morgan fingerprint density at radius 1 is 1.24 bits per heavy atom. The molecule has 0 radical (unpaired) electrons. The number of alkyl halides is 3. The summed E-state index contributed by atoms with van der Waals surface area (Å²) in [6.07, 6.45) is 0.150. The molecule has 0 aliphatic carbocycles. The van der Waals surface area contributed by atoms with Crippen molar-refractivity contribution in [3.63, 3.8) is 0 Å². The minimum absolute atomic E-state index is 0.00484. The molecule has 0 saturated carbocycles. The van der Waals surface area contributed by atoms with E-state index in [1.54, 1.807) is 12.4 Å². The first-order chi connectivity index (χ1) is 16.2. The van der Waals surface area contributed by atoms with E-state index in [1.807, 2.05) is 17.0 Å². The number of hydrogen-bond donors (Lipinski definition) is 1. The average Bonchev–Trinajstić information content (AvgIpc) is 2.96. The number of ether oxygens (including phenoxy) is 1. The van der Waals surface area contributed by atoms with E-state index in [1.165, 1.54) is 25.4 Å². The lowest BCUT2D eigenvalue weighted by Gasteiger charge is -2.22. The Kier molecular flexibility index (Phi) is 5.40. The van der Waals surface area contributed by atoms with Crippen molar-refractivity contribution in [2.45, 2.75) is 19.6 Å². The van der Waals surface area contributed by atoms with Gasteiger partial charge in [0.1, 0.15) is 24.6 Å². The van der Waals surface area contributed by atoms with Crippen molar-refractivity contribution in [1.29, 1.82) is 0 Å². The number of aryl methyl sites for hydroxylation is 1. The monoisotopic (exact) mass is 486 g/mol. The van der Waals surface area contributed by atoms with Crippen molar-refractivity contribution in [1.82, 2.24) is 19.9 Å². The predicted molar refractivity (Wildman–Crippen MR) is 123 cm³/mol. The lowest BCUT2D eigenvalue weighted by atomic mass is 9.99. The van der Waals surface area contributed by atoms with Gasteiger partial charge in [-0.3, -0.25) is 4.98 Å². The molecule has 11 heteroatoms. The molecule has 4 heterocycles. The van der Waals surface area contributed by atoms with Crippen LogP contribution in [0.2, 0.25) is 5.02 Å². The van der Waals surface area contributed by atoms with Crippen molar-refractivity contribution in [3.05, 3.63) is 64.7 Å². The number of halogens is 4. The number of hydrogen-bond acceptors (Lipinski definition) is 7. The van der Waals surface area contributed by atoms with Crippen LogP contribution in [0.1, 0.15) is 16.7 Å². The van der Waals surface area contributed by atoms with Crippen molar-refractivity contribution < 1.29 is 17.9 Å². The molecule has 7 nitrogen and oxygen atoms in total. The highest BCUT2D eigenvalue weighted by molar-refractivity contribution is 6.36. The van der Waals surface area contributed by atoms with Gasteiger partial charge in [0.2, 0.25) is 0 Å². The number of pyridine rings is 2. The zero-order valence-corrected chi connectivity index (χ0v) is 18.7. The van der Waals surface area contributed by atoms with Crippen LogP contribution in [-0.4, -0.2) is 33.1 Å². The lowest BCUT2D eigenvalue weighted by Crippen LogP contribution is -2.27. The number of benzene rings is 1. The molecule has 0 fully saturated rings. The van der Waals surface area contributed by atoms with Gasteiger partial charge in [-0.25, -0.2) is 15.0 Å². The van der Waals surface area contributed by atoms with Crippen molar-refractivity contribution in [2.75, 3.05) is 23.8 Å². The Bertz CT molecular complexity index is 1400. The molecular formula is C23H18ClF3N6O. The van der Waals surface area contributed by atoms with Crippen LogP contribution in [0.15, 0.2) is 43.0 Å². The number of anilines is 2. The van der Waals surface area contributed by atoms with E-state index in [4.69, 9.17) is 22.1 Å². The van der Waals surface area contributed by atoms with Crippen LogP contribution in [-0.2, 0) is 12.7 Å². The quantitative estimate of drug-likeness (QED) is 0.433. The largest absolute Gasteiger partial charge is 0.489 e. The van der Waals surface area contributed by atoms with Crippen molar-refractivity contribution in [3.8, 4) is 17.0 Å². The molecule has 0 saturated heterocycles. The van der Waals surface area contributed by atoms with Crippen LogP contribution < -0.4 is 15.4 Å². The Balaban J connectivity index is 1.73. The third-order valence-electron chi connectivity index (χ3n) is 5.58. The second kappa shape index (κ2) is 8.28. The van der Waals surface area contributed by atoms with Crippen LogP contribution >= 0.6 is 11.6 Å². The van der Waals surface area contributed by atoms with Gasteiger partial charge in [0, 0.05) is 24.5 Å². The highest BCUT2D eigenvalue weighted by Gasteiger charge is 2.38. The van der Waals surface area contributed by atoms with Gasteiger partial charge in [0.25, 0.3) is 0 Å². The maximum atomic E-state index is 14.0. The highest BCUT2D eigenvalue weighted by Crippen LogP contribution is 2.47. The van der Waals surface area contributed by atoms with Crippen molar-refractivity contribution >= 4 is 34.1 Å². The Hall–Kier alpha value is -3.66. The molecule has 1 aliphatic heterocycles. The van der Waals surface area contributed by atoms with Crippen LogP contribution in [0.3, 0.4) is 0 Å². The summed E-state index contributed by atoms with van der Waals surface area (Å²) in [7, 11) is 0. The number of nitrogens with two attached hydrogens (primary N) is 1. The minimum Gasteiger partial charge on any atom is -0.489 e. The third kappa shape index (κ3) is 3.83. The smallest absolute Gasteiger partial charge is 0.418 e. The number of rotatable bonds is 3. The molecule has 0 amide bonds. The average molecular weight is 487 g/mol. The molecular weight excluding hydrogens is 469 g/mol. The highest BCUT2D eigenvalue weighted by atomic mass is 35.5. The molecule has 1 aromatic carbocycles. The van der Waals surface area contributed by atoms with E-state index in [0.29, 0.717) is 29.8 Å². The third-order valence-corrected chi connectivity index (χ3v) is 5.95. The van der Waals surface area contributed by atoms with E-state index in [2.05, 4.69) is 19.9 Å². The molecule has 5 rings (SSSR count). The summed E-state index contributed by atoms with van der Waals surface area (Å²) in [6.45, 7) is 2.56. The molecule has 0 spiro atoms. The van der Waals surface area contributed by atoms with Gasteiger partial charge in [0.15, 0.2) is 5.75 Å². The van der Waals surface area contributed by atoms with E-state index in [0.717, 1.165) is 5.56 Å². The van der Waals surface area contributed by atoms with E-state index in [-0.39, 0.29) is 40.0 Å². The van der Waals surface area contributed by atoms with Crippen molar-refractivity contribution in [2.24, 2.45) is 0 Å². The van der Waals surface area contributed by atoms with Gasteiger partial charge >= 0.3 is 6.18 Å². The topological polar surface area (TPSA) is 90.0 Å². The first-order valence-corrected chi connectivity index (χ1v) is 10.7. The zero-order valence-electron chi connectivity index (χ0n) is 17.9. The molecule has 34 heavy (non-hydrogen) atoms. The molecule has 1 aliphatic rings. The Morgan fingerprint density at radius 2 is 2.06 bits per heavy atom. The molecule has 0 unspecified atom stereocenters. The maximum Gasteiger partial charge on any atom is 0.418 e. The molecule has 3 aromatic heterocycles. The molecule has 4 aromatic rings. The number of nitrogen functional groups attached to an aromatic ring is 1. The fourth-order valence-corrected chi connectivity index (χ4v) is 4.47. The summed E-state index contributed by atoms with van der Waals surface area (Å²) in [5.74, 6) is 0.741. The number of aromatic nitrogens is 4. The van der Waals surface area contributed by atoms with Crippen LogP contribution in [0.25, 0.3) is 22.2 Å². The van der Waals surface area contributed by atoms with Gasteiger partial charge in [0.05, 0.1) is 33.7 Å². The van der Waals surface area contributed by atoms with E-state index >= 15 is 0 Å². The first kappa shape index (κ1) is 22.1. The normalized spacial score (nSPS) is 13.6. The molecule has 0 atom stereocenters. The van der Waals surface area contributed by atoms with Gasteiger partial charge < -0.3 is 15.4 Å². The fraction of sp³-hybridized carbons (Fsp3) is 0.217. The minimum atomic E-state index is -4.66. The second-order valence-electron chi connectivity index (χ2n) is 7.88. The summed E-state index contributed by atoms with van der Waals surface area (Å²) in [5.41, 5.74) is 5.87. The summed E-state index contributed by atoms with van der Waals surface area (Å²) in [5, 5.41) is 0.515. The van der Waals surface area contributed by atoms with Crippen LogP contribution in [0.5, 0.6) is 5.75 Å². The summed E-state index contributed by atoms with van der Waals surface area (Å²) < 4.78 is 47.8. The summed E-state index contributed by atoms with van der Waals surface area (Å²) in [6, 6.07) is 6.44. The standard InChI is InChI=1S/C23H18ClF3N6O/c1-12-7-16(28)32-20(18(12)23(25,26)27)14-8-15-17-21(19(14)24)34-6-5-33(22(17)31-11-30-15)10-13-3-2-4-29-9-13/h2-4,7-9,11H,5-6,10H2,1H3,(H2,28,32). The van der Waals surface area contributed by atoms with Crippen LogP contribution in [0.4, 0.5) is 24.8 Å². The summed E-state index contributed by atoms with van der Waals surface area (Å²) >= 11 is 6.68. The number of nitrogens with zero attached hydrogens (tertiary/aromatic N) is 5. The molecule has 2 N–H and O–H groups in total. The first-order valence-electron chi connectivity index (χ1n) is 10.3. The fourth-order valence-electron chi connectivity index (χ4n) is 4.18. The Labute approximate surface area is 197 Å². The van der Waals surface area contributed by atoms with E-state index in [9.17, 15) is 13.2 Å². The van der Waals surface area contributed by atoms with Gasteiger partial charge in [-0.2, -0.15) is 13.2 Å². The van der Waals surface area contributed by atoms with E-state index < -0.39 is 11.7 Å². The zero-order chi connectivity index (χ0) is 24.0. The maximum absolute atomic E-state index is 14.0.